The number of halogens is 3. The van der Waals surface area contributed by atoms with Gasteiger partial charge in [-0.2, -0.15) is 18.2 Å². The maximum atomic E-state index is 12.7. The molecule has 1 saturated heterocycles. The van der Waals surface area contributed by atoms with Crippen molar-refractivity contribution in [2.24, 2.45) is 0 Å². The summed E-state index contributed by atoms with van der Waals surface area (Å²) >= 11 is 0. The number of furan rings is 1. The van der Waals surface area contributed by atoms with Crippen LogP contribution in [0.3, 0.4) is 0 Å². The number of anilines is 1. The zero-order valence-electron chi connectivity index (χ0n) is 18.9. The number of morpholine rings is 1. The van der Waals surface area contributed by atoms with Crippen molar-refractivity contribution < 1.29 is 31.9 Å². The van der Waals surface area contributed by atoms with Gasteiger partial charge in [0.15, 0.2) is 5.76 Å². The molecule has 5 rings (SSSR count). The number of nitrogens with zero attached hydrogens (tertiary/aromatic N) is 3. The van der Waals surface area contributed by atoms with E-state index in [-0.39, 0.29) is 17.9 Å². The average molecular weight is 490 g/mol. The average Bonchev–Trinajstić information content (AvgIpc) is 3.37. The van der Waals surface area contributed by atoms with E-state index in [0.29, 0.717) is 44.8 Å². The third-order valence-corrected chi connectivity index (χ3v) is 6.28. The van der Waals surface area contributed by atoms with Gasteiger partial charge in [-0.25, -0.2) is 0 Å². The van der Waals surface area contributed by atoms with Crippen molar-refractivity contribution in [2.45, 2.75) is 44.0 Å². The monoisotopic (exact) mass is 490 g/mol. The van der Waals surface area contributed by atoms with Crippen molar-refractivity contribution in [2.75, 3.05) is 31.2 Å². The fraction of sp³-hybridized carbons (Fsp3) is 0.458. The van der Waals surface area contributed by atoms with Crippen LogP contribution in [0.5, 0.6) is 5.88 Å². The molecular formula is C24H25F3N4O4. The number of amides is 1. The molecule has 2 fully saturated rings. The second-order valence-corrected chi connectivity index (χ2v) is 8.68. The highest BCUT2D eigenvalue weighted by molar-refractivity contribution is 5.91. The normalized spacial score (nSPS) is 21.2. The molecule has 1 aliphatic heterocycles. The van der Waals surface area contributed by atoms with Gasteiger partial charge in [0.2, 0.25) is 11.6 Å². The van der Waals surface area contributed by atoms with Gasteiger partial charge >= 0.3 is 6.18 Å². The minimum atomic E-state index is -4.62. The van der Waals surface area contributed by atoms with Gasteiger partial charge in [-0.05, 0) is 49.9 Å². The van der Waals surface area contributed by atoms with E-state index >= 15 is 0 Å². The first-order chi connectivity index (χ1) is 16.9. The summed E-state index contributed by atoms with van der Waals surface area (Å²) in [5.41, 5.74) is 0.802. The molecule has 4 heterocycles. The Bertz CT molecular complexity index is 1180. The lowest BCUT2D eigenvalue weighted by atomic mass is 9.93. The van der Waals surface area contributed by atoms with Crippen LogP contribution in [0, 0.1) is 0 Å². The Morgan fingerprint density at radius 3 is 2.60 bits per heavy atom. The molecule has 3 aromatic rings. The highest BCUT2D eigenvalue weighted by Gasteiger charge is 2.36. The number of ether oxygens (including phenoxy) is 2. The Morgan fingerprint density at radius 2 is 1.89 bits per heavy atom. The quantitative estimate of drug-likeness (QED) is 0.573. The third kappa shape index (κ3) is 5.34. The SMILES string of the molecule is O=C(NC1CCC(Oc2nc(N3CCOCC3)cc3ncccc23)CC1)c1ccc(C(F)(F)F)o1. The molecule has 1 amide bonds. The molecule has 186 valence electrons. The van der Waals surface area contributed by atoms with Crippen molar-refractivity contribution in [1.29, 1.82) is 0 Å². The molecule has 8 nitrogen and oxygen atoms in total. The minimum Gasteiger partial charge on any atom is -0.474 e. The highest BCUT2D eigenvalue weighted by Crippen LogP contribution is 2.32. The van der Waals surface area contributed by atoms with E-state index in [4.69, 9.17) is 14.5 Å². The second-order valence-electron chi connectivity index (χ2n) is 8.68. The molecule has 0 radical (unpaired) electrons. The van der Waals surface area contributed by atoms with E-state index < -0.39 is 17.8 Å². The van der Waals surface area contributed by atoms with E-state index in [1.54, 1.807) is 6.20 Å². The number of hydrogen-bond acceptors (Lipinski definition) is 7. The van der Waals surface area contributed by atoms with Crippen LogP contribution >= 0.6 is 0 Å². The summed E-state index contributed by atoms with van der Waals surface area (Å²) in [5, 5.41) is 3.60. The lowest BCUT2D eigenvalue weighted by Gasteiger charge is -2.30. The first-order valence-electron chi connectivity index (χ1n) is 11.6. The van der Waals surface area contributed by atoms with E-state index in [0.717, 1.165) is 41.9 Å². The van der Waals surface area contributed by atoms with Gasteiger partial charge in [0.25, 0.3) is 5.91 Å². The van der Waals surface area contributed by atoms with Crippen molar-refractivity contribution in [3.05, 3.63) is 48.0 Å². The Balaban J connectivity index is 1.22. The van der Waals surface area contributed by atoms with E-state index in [2.05, 4.69) is 19.6 Å². The van der Waals surface area contributed by atoms with Gasteiger partial charge in [-0.1, -0.05) is 0 Å². The molecular weight excluding hydrogens is 465 g/mol. The van der Waals surface area contributed by atoms with Crippen LogP contribution in [0.15, 0.2) is 40.9 Å². The summed E-state index contributed by atoms with van der Waals surface area (Å²) in [7, 11) is 0. The van der Waals surface area contributed by atoms with Crippen LogP contribution in [-0.4, -0.2) is 54.3 Å². The number of alkyl halides is 3. The summed E-state index contributed by atoms with van der Waals surface area (Å²) in [5.74, 6) is -0.860. The Hall–Kier alpha value is -3.34. The first kappa shape index (κ1) is 23.4. The van der Waals surface area contributed by atoms with Crippen LogP contribution in [0.4, 0.5) is 19.0 Å². The number of carbonyl (C=O) groups excluding carboxylic acids is 1. The summed E-state index contributed by atoms with van der Waals surface area (Å²) in [6.07, 6.45) is -0.393. The number of pyridine rings is 2. The van der Waals surface area contributed by atoms with Crippen molar-refractivity contribution >= 4 is 22.6 Å². The van der Waals surface area contributed by atoms with Gasteiger partial charge in [-0.3, -0.25) is 9.78 Å². The van der Waals surface area contributed by atoms with Crippen molar-refractivity contribution in [3.8, 4) is 5.88 Å². The molecule has 0 aromatic carbocycles. The fourth-order valence-corrected chi connectivity index (χ4v) is 4.43. The largest absolute Gasteiger partial charge is 0.474 e. The second kappa shape index (κ2) is 9.73. The van der Waals surface area contributed by atoms with Crippen LogP contribution < -0.4 is 15.0 Å². The Morgan fingerprint density at radius 1 is 1.11 bits per heavy atom. The van der Waals surface area contributed by atoms with E-state index in [9.17, 15) is 18.0 Å². The van der Waals surface area contributed by atoms with Gasteiger partial charge in [0.05, 0.1) is 24.1 Å². The van der Waals surface area contributed by atoms with Crippen LogP contribution in [-0.2, 0) is 10.9 Å². The summed E-state index contributed by atoms with van der Waals surface area (Å²) in [4.78, 5) is 23.7. The number of hydrogen-bond donors (Lipinski definition) is 1. The molecule has 0 unspecified atom stereocenters. The van der Waals surface area contributed by atoms with Gasteiger partial charge < -0.3 is 24.1 Å². The fourth-order valence-electron chi connectivity index (χ4n) is 4.43. The topological polar surface area (TPSA) is 89.7 Å². The number of rotatable bonds is 5. The summed E-state index contributed by atoms with van der Waals surface area (Å²) in [6.45, 7) is 2.78. The van der Waals surface area contributed by atoms with E-state index in [1.807, 2.05) is 18.2 Å². The minimum absolute atomic E-state index is 0.0977. The maximum Gasteiger partial charge on any atom is 0.449 e. The molecule has 2 aliphatic rings. The smallest absolute Gasteiger partial charge is 0.449 e. The number of aromatic nitrogens is 2. The zero-order chi connectivity index (χ0) is 24.4. The Kier molecular flexibility index (Phi) is 6.50. The van der Waals surface area contributed by atoms with Crippen LogP contribution in [0.1, 0.15) is 42.0 Å². The van der Waals surface area contributed by atoms with Crippen LogP contribution in [0.2, 0.25) is 0 Å². The van der Waals surface area contributed by atoms with Crippen molar-refractivity contribution in [1.82, 2.24) is 15.3 Å². The molecule has 3 aromatic heterocycles. The predicted octanol–water partition coefficient (Wildman–Crippen LogP) is 4.20. The molecule has 0 spiro atoms. The number of carbonyl (C=O) groups is 1. The van der Waals surface area contributed by atoms with Gasteiger partial charge in [0, 0.05) is 31.4 Å². The summed E-state index contributed by atoms with van der Waals surface area (Å²) < 4.78 is 54.6. The predicted molar refractivity (Wildman–Crippen MR) is 120 cm³/mol. The van der Waals surface area contributed by atoms with Gasteiger partial charge in [-0.15, -0.1) is 0 Å². The molecule has 0 bridgehead atoms. The third-order valence-electron chi connectivity index (χ3n) is 6.28. The molecule has 11 heteroatoms. The molecule has 1 aliphatic carbocycles. The highest BCUT2D eigenvalue weighted by atomic mass is 19.4. The lowest BCUT2D eigenvalue weighted by Crippen LogP contribution is -2.39. The number of nitrogens with one attached hydrogen (secondary N) is 1. The standard InChI is InChI=1S/C24H25F3N4O4/c25-24(26,27)20-8-7-19(35-20)22(32)29-15-3-5-16(6-4-15)34-23-17-2-1-9-28-18(17)14-21(30-23)31-10-12-33-13-11-31/h1-2,7-9,14-16H,3-6,10-13H2,(H,29,32). The maximum absolute atomic E-state index is 12.7. The molecule has 35 heavy (non-hydrogen) atoms. The van der Waals surface area contributed by atoms with Gasteiger partial charge in [0.1, 0.15) is 11.9 Å². The molecule has 0 atom stereocenters. The van der Waals surface area contributed by atoms with E-state index in [1.165, 1.54) is 0 Å². The summed E-state index contributed by atoms with van der Waals surface area (Å²) in [6, 6.07) is 7.36. The first-order valence-corrected chi connectivity index (χ1v) is 11.6. The molecule has 1 saturated carbocycles. The van der Waals surface area contributed by atoms with Crippen molar-refractivity contribution in [3.63, 3.8) is 0 Å². The Labute approximate surface area is 199 Å². The lowest BCUT2D eigenvalue weighted by molar-refractivity contribution is -0.153. The number of fused-ring (bicyclic) bond motifs is 1. The zero-order valence-corrected chi connectivity index (χ0v) is 18.9. The van der Waals surface area contributed by atoms with Crippen LogP contribution in [0.25, 0.3) is 10.9 Å². The molecule has 1 N–H and O–H groups in total.